The Morgan fingerprint density at radius 3 is 1.13 bits per heavy atom. The highest BCUT2D eigenvalue weighted by molar-refractivity contribution is 5.76. The molecule has 63 heavy (non-hydrogen) atoms. The van der Waals surface area contributed by atoms with E-state index in [1.54, 1.807) is 0 Å². The Morgan fingerprint density at radius 2 is 0.746 bits per heavy atom. The number of hydrogen-bond donors (Lipinski definition) is 3. The third kappa shape index (κ3) is 49.9. The second kappa shape index (κ2) is 53.2. The maximum absolute atomic E-state index is 12.4. The molecule has 0 saturated heterocycles. The number of carbonyl (C=O) groups excluding carboxylic acids is 2. The first-order chi connectivity index (χ1) is 31.0. The molecule has 374 valence electrons. The van der Waals surface area contributed by atoms with E-state index >= 15 is 0 Å². The largest absolute Gasteiger partial charge is 0.466 e. The van der Waals surface area contributed by atoms with Crippen molar-refractivity contribution in [2.75, 3.05) is 13.2 Å². The van der Waals surface area contributed by atoms with Gasteiger partial charge in [-0.1, -0.05) is 264 Å². The maximum Gasteiger partial charge on any atom is 0.305 e. The average molecular weight is 891 g/mol. The van der Waals surface area contributed by atoms with E-state index < -0.39 is 12.1 Å². The van der Waals surface area contributed by atoms with E-state index in [2.05, 4.69) is 31.3 Å². The summed E-state index contributed by atoms with van der Waals surface area (Å²) >= 11 is 0. The van der Waals surface area contributed by atoms with Crippen LogP contribution in [0.5, 0.6) is 0 Å². The molecule has 6 nitrogen and oxygen atoms in total. The van der Waals surface area contributed by atoms with Crippen LogP contribution in [-0.4, -0.2) is 47.4 Å². The van der Waals surface area contributed by atoms with Crippen molar-refractivity contribution in [3.8, 4) is 0 Å². The monoisotopic (exact) mass is 890 g/mol. The number of unbranched alkanes of at least 4 members (excludes halogenated alkanes) is 40. The molecule has 0 bridgehead atoms. The molecule has 0 aliphatic heterocycles. The van der Waals surface area contributed by atoms with Crippen LogP contribution in [0, 0.1) is 0 Å². The zero-order valence-electron chi connectivity index (χ0n) is 42.6. The van der Waals surface area contributed by atoms with Crippen molar-refractivity contribution in [3.05, 3.63) is 12.2 Å². The molecule has 0 spiro atoms. The van der Waals surface area contributed by atoms with E-state index in [9.17, 15) is 19.8 Å². The van der Waals surface area contributed by atoms with Crippen LogP contribution in [0.2, 0.25) is 0 Å². The van der Waals surface area contributed by atoms with Crippen molar-refractivity contribution in [1.82, 2.24) is 5.32 Å². The molecule has 2 unspecified atom stereocenters. The van der Waals surface area contributed by atoms with Crippen LogP contribution >= 0.6 is 0 Å². The Hall–Kier alpha value is -1.40. The van der Waals surface area contributed by atoms with Crippen molar-refractivity contribution in [1.29, 1.82) is 0 Å². The predicted molar refractivity (Wildman–Crippen MR) is 273 cm³/mol. The Balaban J connectivity index is 3.41. The van der Waals surface area contributed by atoms with Gasteiger partial charge in [0.25, 0.3) is 0 Å². The van der Waals surface area contributed by atoms with Gasteiger partial charge in [-0.25, -0.2) is 0 Å². The Bertz CT molecular complexity index is 939. The number of carbonyl (C=O) groups is 2. The molecule has 0 aromatic carbocycles. The molecule has 0 aromatic rings. The molecular weight excluding hydrogens is 779 g/mol. The Morgan fingerprint density at radius 1 is 0.429 bits per heavy atom. The first-order valence-electron chi connectivity index (χ1n) is 28.4. The molecule has 0 radical (unpaired) electrons. The van der Waals surface area contributed by atoms with Gasteiger partial charge in [-0.2, -0.15) is 0 Å². The van der Waals surface area contributed by atoms with Gasteiger partial charge < -0.3 is 20.3 Å². The quantitative estimate of drug-likeness (QED) is 0.0321. The summed E-state index contributed by atoms with van der Waals surface area (Å²) in [6, 6.07) is -0.551. The minimum atomic E-state index is -0.672. The number of amides is 1. The lowest BCUT2D eigenvalue weighted by atomic mass is 10.0. The summed E-state index contributed by atoms with van der Waals surface area (Å²) in [4.78, 5) is 24.5. The van der Waals surface area contributed by atoms with Crippen LogP contribution < -0.4 is 5.32 Å². The van der Waals surface area contributed by atoms with Crippen LogP contribution in [0.25, 0.3) is 0 Å². The zero-order valence-corrected chi connectivity index (χ0v) is 42.6. The van der Waals surface area contributed by atoms with Gasteiger partial charge in [0.1, 0.15) is 0 Å². The third-order valence-corrected chi connectivity index (χ3v) is 13.3. The first-order valence-corrected chi connectivity index (χ1v) is 28.4. The molecule has 0 heterocycles. The zero-order chi connectivity index (χ0) is 45.8. The molecule has 2 atom stereocenters. The van der Waals surface area contributed by atoms with Gasteiger partial charge >= 0.3 is 5.97 Å². The van der Waals surface area contributed by atoms with E-state index in [0.29, 0.717) is 25.9 Å². The highest BCUT2D eigenvalue weighted by Gasteiger charge is 2.20. The lowest BCUT2D eigenvalue weighted by Gasteiger charge is -2.22. The summed E-state index contributed by atoms with van der Waals surface area (Å²) in [6.45, 7) is 4.94. The molecular formula is C57H111NO5. The first kappa shape index (κ1) is 61.6. The second-order valence-electron chi connectivity index (χ2n) is 19.6. The number of aliphatic hydroxyl groups excluding tert-OH is 2. The highest BCUT2D eigenvalue weighted by atomic mass is 16.5. The molecule has 3 N–H and O–H groups in total. The lowest BCUT2D eigenvalue weighted by molar-refractivity contribution is -0.143. The molecule has 0 aliphatic carbocycles. The molecule has 0 aromatic heterocycles. The summed E-state index contributed by atoms with van der Waals surface area (Å²) in [6.07, 6.45) is 62.0. The summed E-state index contributed by atoms with van der Waals surface area (Å²) in [5, 5.41) is 23.1. The van der Waals surface area contributed by atoms with Crippen LogP contribution in [-0.2, 0) is 14.3 Å². The predicted octanol–water partition coefficient (Wildman–Crippen LogP) is 17.3. The smallest absolute Gasteiger partial charge is 0.305 e. The SMILES string of the molecule is CCCCCCCCCCCCCCCCCCCCCC(=O)OCCCCCCCCC/C=C\CCCCCCCC(=O)NC(CO)C(O)CCCCCCCCCCCCC. The summed E-state index contributed by atoms with van der Waals surface area (Å²) in [5.41, 5.74) is 0. The minimum Gasteiger partial charge on any atom is -0.466 e. The second-order valence-corrected chi connectivity index (χ2v) is 19.6. The number of aliphatic hydroxyl groups is 2. The number of ether oxygens (including phenoxy) is 1. The van der Waals surface area contributed by atoms with Crippen molar-refractivity contribution in [2.24, 2.45) is 0 Å². The fraction of sp³-hybridized carbons (Fsp3) is 0.930. The fourth-order valence-corrected chi connectivity index (χ4v) is 8.93. The van der Waals surface area contributed by atoms with Gasteiger partial charge in [-0.15, -0.1) is 0 Å². The van der Waals surface area contributed by atoms with Gasteiger partial charge in [0.05, 0.1) is 25.4 Å². The number of hydrogen-bond acceptors (Lipinski definition) is 5. The normalized spacial score (nSPS) is 12.6. The van der Waals surface area contributed by atoms with Crippen molar-refractivity contribution >= 4 is 11.9 Å². The molecule has 6 heteroatoms. The van der Waals surface area contributed by atoms with E-state index in [1.807, 2.05) is 0 Å². The van der Waals surface area contributed by atoms with Gasteiger partial charge in [0.15, 0.2) is 0 Å². The molecule has 0 fully saturated rings. The fourth-order valence-electron chi connectivity index (χ4n) is 8.93. The highest BCUT2D eigenvalue weighted by Crippen LogP contribution is 2.17. The molecule has 1 amide bonds. The average Bonchev–Trinajstić information content (AvgIpc) is 3.28. The third-order valence-electron chi connectivity index (χ3n) is 13.3. The number of rotatable bonds is 53. The van der Waals surface area contributed by atoms with Gasteiger partial charge in [-0.3, -0.25) is 9.59 Å². The van der Waals surface area contributed by atoms with Crippen molar-refractivity contribution in [2.45, 2.75) is 328 Å². The minimum absolute atomic E-state index is 0.00220. The topological polar surface area (TPSA) is 95.9 Å². The van der Waals surface area contributed by atoms with Gasteiger partial charge in [-0.05, 0) is 51.4 Å². The number of nitrogens with one attached hydrogen (secondary N) is 1. The lowest BCUT2D eigenvalue weighted by Crippen LogP contribution is -2.45. The summed E-state index contributed by atoms with van der Waals surface area (Å²) in [5.74, 6) is -0.0498. The number of allylic oxidation sites excluding steroid dienone is 2. The Kier molecular flexibility index (Phi) is 52.0. The standard InChI is InChI=1S/C57H111NO5/c1-3-5-7-9-11-13-15-16-17-18-19-20-24-27-31-35-39-43-47-51-57(62)63-52-48-44-40-36-32-28-25-22-21-23-26-30-34-38-42-46-50-56(61)58-54(53-59)55(60)49-45-41-37-33-29-14-12-10-8-6-4-2/h21,23,54-55,59-60H,3-20,22,24-53H2,1-2H3,(H,58,61)/b23-21-. The number of esters is 1. The van der Waals surface area contributed by atoms with Gasteiger partial charge in [0, 0.05) is 12.8 Å². The Labute approximate surface area is 393 Å². The molecule has 0 aliphatic rings. The molecule has 0 saturated carbocycles. The van der Waals surface area contributed by atoms with Crippen LogP contribution in [0.15, 0.2) is 12.2 Å². The van der Waals surface area contributed by atoms with Crippen LogP contribution in [0.4, 0.5) is 0 Å². The van der Waals surface area contributed by atoms with E-state index in [0.717, 1.165) is 64.2 Å². The maximum atomic E-state index is 12.4. The van der Waals surface area contributed by atoms with E-state index in [4.69, 9.17) is 4.74 Å². The van der Waals surface area contributed by atoms with Gasteiger partial charge in [0.2, 0.25) is 5.91 Å². The summed E-state index contributed by atoms with van der Waals surface area (Å²) < 4.78 is 5.49. The van der Waals surface area contributed by atoms with E-state index in [1.165, 1.54) is 218 Å². The van der Waals surface area contributed by atoms with Crippen molar-refractivity contribution < 1.29 is 24.5 Å². The van der Waals surface area contributed by atoms with Crippen LogP contribution in [0.1, 0.15) is 316 Å². The van der Waals surface area contributed by atoms with E-state index in [-0.39, 0.29) is 18.5 Å². The van der Waals surface area contributed by atoms with Crippen LogP contribution in [0.3, 0.4) is 0 Å². The summed E-state index contributed by atoms with van der Waals surface area (Å²) in [7, 11) is 0. The molecule has 0 rings (SSSR count). The van der Waals surface area contributed by atoms with Crippen molar-refractivity contribution in [3.63, 3.8) is 0 Å².